The zero-order valence-corrected chi connectivity index (χ0v) is 12.6. The molecule has 0 bridgehead atoms. The van der Waals surface area contributed by atoms with E-state index in [1.807, 2.05) is 6.33 Å². The van der Waals surface area contributed by atoms with Gasteiger partial charge in [0.25, 0.3) is 0 Å². The van der Waals surface area contributed by atoms with Gasteiger partial charge in [-0.05, 0) is 25.7 Å². The third kappa shape index (κ3) is 2.91. The van der Waals surface area contributed by atoms with Crippen LogP contribution in [0.3, 0.4) is 0 Å². The van der Waals surface area contributed by atoms with Gasteiger partial charge in [0.15, 0.2) is 11.5 Å². The molecule has 2 aromatic heterocycles. The van der Waals surface area contributed by atoms with Crippen molar-refractivity contribution in [3.8, 4) is 0 Å². The lowest BCUT2D eigenvalue weighted by atomic mass is 10.2. The van der Waals surface area contributed by atoms with E-state index in [0.29, 0.717) is 25.8 Å². The minimum absolute atomic E-state index is 0.278. The highest BCUT2D eigenvalue weighted by Gasteiger charge is 2.26. The number of imidazole rings is 1. The zero-order chi connectivity index (χ0) is 14.8. The minimum Gasteiger partial charge on any atom is -0.377 e. The molecule has 1 atom stereocenters. The van der Waals surface area contributed by atoms with E-state index >= 15 is 0 Å². The Labute approximate surface area is 129 Å². The Bertz CT molecular complexity index is 634. The molecule has 2 fully saturated rings. The van der Waals surface area contributed by atoms with Gasteiger partial charge in [0.05, 0.1) is 25.6 Å². The summed E-state index contributed by atoms with van der Waals surface area (Å²) in [6.07, 6.45) is 8.44. The van der Waals surface area contributed by atoms with Gasteiger partial charge in [-0.3, -0.25) is 0 Å². The van der Waals surface area contributed by atoms with E-state index in [2.05, 4.69) is 24.8 Å². The number of hydrogen-bond acceptors (Lipinski definition) is 6. The van der Waals surface area contributed by atoms with E-state index in [0.717, 1.165) is 36.4 Å². The van der Waals surface area contributed by atoms with Gasteiger partial charge in [0.2, 0.25) is 0 Å². The molecule has 0 spiro atoms. The molecular weight excluding hydrogens is 282 g/mol. The predicted molar refractivity (Wildman–Crippen MR) is 81.9 cm³/mol. The molecule has 1 aliphatic heterocycles. The second-order valence-electron chi connectivity index (χ2n) is 5.91. The fourth-order valence-electron chi connectivity index (χ4n) is 2.83. The molecule has 2 aromatic rings. The molecule has 0 radical (unpaired) electrons. The maximum absolute atomic E-state index is 5.65. The standard InChI is InChI=1S/C15H21N5O2/c1-2-12(22-6-1)8-21-7-5-16-14-13-15(18-9-17-14)20(10-19-13)11-3-4-11/h9-12H,1-8H2,(H,16,17,18)/t12-/m1/s1. The third-order valence-corrected chi connectivity index (χ3v) is 4.17. The van der Waals surface area contributed by atoms with Crippen molar-refractivity contribution in [1.29, 1.82) is 0 Å². The highest BCUT2D eigenvalue weighted by molar-refractivity contribution is 5.82. The summed E-state index contributed by atoms with van der Waals surface area (Å²) in [7, 11) is 0. The van der Waals surface area contributed by atoms with E-state index < -0.39 is 0 Å². The Morgan fingerprint density at radius 3 is 3.05 bits per heavy atom. The highest BCUT2D eigenvalue weighted by Crippen LogP contribution is 2.37. The second-order valence-corrected chi connectivity index (χ2v) is 5.91. The quantitative estimate of drug-likeness (QED) is 0.786. The number of anilines is 1. The molecule has 0 aromatic carbocycles. The molecule has 7 nitrogen and oxygen atoms in total. The van der Waals surface area contributed by atoms with E-state index in [1.165, 1.54) is 12.8 Å². The molecule has 1 N–H and O–H groups in total. The number of aromatic nitrogens is 4. The molecule has 0 unspecified atom stereocenters. The molecule has 7 heteroatoms. The lowest BCUT2D eigenvalue weighted by Crippen LogP contribution is -2.18. The second kappa shape index (κ2) is 6.18. The summed E-state index contributed by atoms with van der Waals surface area (Å²) >= 11 is 0. The summed E-state index contributed by atoms with van der Waals surface area (Å²) < 4.78 is 13.3. The van der Waals surface area contributed by atoms with Gasteiger partial charge in [-0.1, -0.05) is 0 Å². The minimum atomic E-state index is 0.278. The van der Waals surface area contributed by atoms with Gasteiger partial charge < -0.3 is 19.4 Å². The number of nitrogens with one attached hydrogen (secondary N) is 1. The SMILES string of the molecule is c1nc(NCCOC[C@H]2CCCO2)c2ncn(C3CC3)c2n1. The van der Waals surface area contributed by atoms with E-state index in [4.69, 9.17) is 9.47 Å². The van der Waals surface area contributed by atoms with Crippen LogP contribution in [0.15, 0.2) is 12.7 Å². The molecule has 3 heterocycles. The molecule has 4 rings (SSSR count). The van der Waals surface area contributed by atoms with E-state index in [9.17, 15) is 0 Å². The normalized spacial score (nSPS) is 21.5. The third-order valence-electron chi connectivity index (χ3n) is 4.17. The van der Waals surface area contributed by atoms with Crippen LogP contribution in [-0.4, -0.2) is 52.0 Å². The van der Waals surface area contributed by atoms with Crippen molar-refractivity contribution in [2.45, 2.75) is 37.8 Å². The van der Waals surface area contributed by atoms with E-state index in [-0.39, 0.29) is 6.10 Å². The average molecular weight is 303 g/mol. The van der Waals surface area contributed by atoms with Crippen LogP contribution in [0.5, 0.6) is 0 Å². The Hall–Kier alpha value is -1.73. The molecule has 1 saturated heterocycles. The topological polar surface area (TPSA) is 74.1 Å². The van der Waals surface area contributed by atoms with Crippen LogP contribution in [0.4, 0.5) is 5.82 Å². The number of rotatable bonds is 7. The van der Waals surface area contributed by atoms with Gasteiger partial charge >= 0.3 is 0 Å². The van der Waals surface area contributed by atoms with Gasteiger partial charge in [-0.25, -0.2) is 15.0 Å². The summed E-state index contributed by atoms with van der Waals surface area (Å²) in [5.74, 6) is 0.783. The first-order valence-electron chi connectivity index (χ1n) is 8.02. The average Bonchev–Trinajstić information content (AvgIpc) is 3.08. The first-order valence-corrected chi connectivity index (χ1v) is 8.02. The summed E-state index contributed by atoms with van der Waals surface area (Å²) in [4.78, 5) is 13.1. The van der Waals surface area contributed by atoms with Crippen molar-refractivity contribution in [3.63, 3.8) is 0 Å². The van der Waals surface area contributed by atoms with Gasteiger partial charge in [0.1, 0.15) is 11.8 Å². The molecular formula is C15H21N5O2. The van der Waals surface area contributed by atoms with Gasteiger partial charge in [-0.2, -0.15) is 0 Å². The van der Waals surface area contributed by atoms with Crippen LogP contribution in [0, 0.1) is 0 Å². The maximum Gasteiger partial charge on any atom is 0.165 e. The Kier molecular flexibility index (Phi) is 3.90. The largest absolute Gasteiger partial charge is 0.377 e. The molecule has 2 aliphatic rings. The first kappa shape index (κ1) is 13.9. The van der Waals surface area contributed by atoms with Gasteiger partial charge in [0, 0.05) is 19.2 Å². The summed E-state index contributed by atoms with van der Waals surface area (Å²) in [6.45, 7) is 2.88. The lowest BCUT2D eigenvalue weighted by molar-refractivity contribution is 0.0206. The summed E-state index contributed by atoms with van der Waals surface area (Å²) in [5, 5.41) is 3.29. The van der Waals surface area contributed by atoms with Crippen LogP contribution in [-0.2, 0) is 9.47 Å². The summed E-state index contributed by atoms with van der Waals surface area (Å²) in [5.41, 5.74) is 1.76. The first-order chi connectivity index (χ1) is 10.9. The molecule has 1 aliphatic carbocycles. The monoisotopic (exact) mass is 303 g/mol. The molecule has 1 saturated carbocycles. The van der Waals surface area contributed by atoms with Crippen molar-refractivity contribution in [3.05, 3.63) is 12.7 Å². The molecule has 0 amide bonds. The fraction of sp³-hybridized carbons (Fsp3) is 0.667. The lowest BCUT2D eigenvalue weighted by Gasteiger charge is -2.11. The highest BCUT2D eigenvalue weighted by atomic mass is 16.5. The van der Waals surface area contributed by atoms with Crippen LogP contribution in [0.1, 0.15) is 31.7 Å². The van der Waals surface area contributed by atoms with Crippen LogP contribution in [0.25, 0.3) is 11.2 Å². The van der Waals surface area contributed by atoms with Gasteiger partial charge in [-0.15, -0.1) is 0 Å². The number of ether oxygens (including phenoxy) is 2. The zero-order valence-electron chi connectivity index (χ0n) is 12.6. The van der Waals surface area contributed by atoms with Crippen molar-refractivity contribution >= 4 is 17.0 Å². The summed E-state index contributed by atoms with van der Waals surface area (Å²) in [6, 6.07) is 0.572. The van der Waals surface area contributed by atoms with Crippen LogP contribution < -0.4 is 5.32 Å². The fourth-order valence-corrected chi connectivity index (χ4v) is 2.83. The van der Waals surface area contributed by atoms with Crippen molar-refractivity contribution < 1.29 is 9.47 Å². The Morgan fingerprint density at radius 2 is 2.23 bits per heavy atom. The number of fused-ring (bicyclic) bond motifs is 1. The number of nitrogens with zero attached hydrogens (tertiary/aromatic N) is 4. The van der Waals surface area contributed by atoms with E-state index in [1.54, 1.807) is 6.33 Å². The number of hydrogen-bond donors (Lipinski definition) is 1. The van der Waals surface area contributed by atoms with Crippen LogP contribution in [0.2, 0.25) is 0 Å². The van der Waals surface area contributed by atoms with Crippen molar-refractivity contribution in [1.82, 2.24) is 19.5 Å². The van der Waals surface area contributed by atoms with Crippen LogP contribution >= 0.6 is 0 Å². The predicted octanol–water partition coefficient (Wildman–Crippen LogP) is 1.77. The smallest absolute Gasteiger partial charge is 0.165 e. The van der Waals surface area contributed by atoms with Crippen molar-refractivity contribution in [2.24, 2.45) is 0 Å². The Balaban J connectivity index is 1.31. The maximum atomic E-state index is 5.65. The Morgan fingerprint density at radius 1 is 1.27 bits per heavy atom. The van der Waals surface area contributed by atoms with Crippen molar-refractivity contribution in [2.75, 3.05) is 31.7 Å². The molecule has 22 heavy (non-hydrogen) atoms. The molecule has 118 valence electrons.